The number of carbonyl (C=O) groups excluding carboxylic acids is 6. The largest absolute Gasteiger partial charge is 0.460 e. The van der Waals surface area contributed by atoms with Crippen molar-refractivity contribution in [3.05, 3.63) is 30.3 Å². The zero-order chi connectivity index (χ0) is 41.0. The van der Waals surface area contributed by atoms with E-state index < -0.39 is 65.0 Å². The Kier molecular flexibility index (Phi) is 20.5. The summed E-state index contributed by atoms with van der Waals surface area (Å²) in [7, 11) is 0. The van der Waals surface area contributed by atoms with Gasteiger partial charge in [-0.05, 0) is 77.3 Å². The molecule has 0 radical (unpaired) electrons. The summed E-state index contributed by atoms with van der Waals surface area (Å²) in [6, 6.07) is 4.67. The van der Waals surface area contributed by atoms with E-state index in [4.69, 9.17) is 9.47 Å². The normalized spacial score (nSPS) is 18.1. The monoisotopic (exact) mass is 771 g/mol. The maximum absolute atomic E-state index is 13.9. The Morgan fingerprint density at radius 2 is 1.33 bits per heavy atom. The average Bonchev–Trinajstić information content (AvgIpc) is 3.11. The van der Waals surface area contributed by atoms with Crippen LogP contribution in [0.4, 0.5) is 4.79 Å². The number of rotatable bonds is 17. The van der Waals surface area contributed by atoms with Crippen LogP contribution < -0.4 is 26.0 Å². The molecule has 0 aliphatic heterocycles. The van der Waals surface area contributed by atoms with Crippen molar-refractivity contribution in [2.75, 3.05) is 0 Å². The van der Waals surface area contributed by atoms with Gasteiger partial charge in [0.2, 0.25) is 17.7 Å². The second-order valence-corrected chi connectivity index (χ2v) is 16.9. The highest BCUT2D eigenvalue weighted by atomic mass is 16.6. The van der Waals surface area contributed by atoms with Crippen LogP contribution in [-0.2, 0) is 28.7 Å². The van der Waals surface area contributed by atoms with Gasteiger partial charge in [0.25, 0.3) is 0 Å². The number of aldehydes is 1. The lowest BCUT2D eigenvalue weighted by Crippen LogP contribution is -2.59. The first-order valence-electron chi connectivity index (χ1n) is 20.6. The van der Waals surface area contributed by atoms with Gasteiger partial charge >= 0.3 is 12.1 Å². The zero-order valence-corrected chi connectivity index (χ0v) is 34.8. The third kappa shape index (κ3) is 17.6. The van der Waals surface area contributed by atoms with E-state index in [9.17, 15) is 28.8 Å². The first kappa shape index (κ1) is 47.2. The smallest absolute Gasteiger partial charge is 0.413 e. The van der Waals surface area contributed by atoms with Crippen molar-refractivity contribution in [2.24, 2.45) is 17.3 Å². The fourth-order valence-electron chi connectivity index (χ4n) is 7.04. The summed E-state index contributed by atoms with van der Waals surface area (Å²) in [5, 5.41) is 11.2. The summed E-state index contributed by atoms with van der Waals surface area (Å²) in [4.78, 5) is 80.1. The molecule has 5 atom stereocenters. The van der Waals surface area contributed by atoms with Crippen molar-refractivity contribution in [2.45, 2.75) is 181 Å². The highest BCUT2D eigenvalue weighted by Gasteiger charge is 2.40. The molecule has 1 aliphatic carbocycles. The van der Waals surface area contributed by atoms with E-state index in [2.05, 4.69) is 35.1 Å². The van der Waals surface area contributed by atoms with Crippen LogP contribution >= 0.6 is 0 Å². The topological polar surface area (TPSA) is 169 Å². The zero-order valence-electron chi connectivity index (χ0n) is 34.8. The number of ether oxygens (including phenoxy) is 2. The molecular weight excluding hydrogens is 700 g/mol. The van der Waals surface area contributed by atoms with Crippen molar-refractivity contribution in [1.29, 1.82) is 0 Å². The summed E-state index contributed by atoms with van der Waals surface area (Å²) < 4.78 is 10.8. The highest BCUT2D eigenvalue weighted by molar-refractivity contribution is 5.94. The fourth-order valence-corrected chi connectivity index (χ4v) is 7.04. The Balaban J connectivity index is 2.28. The highest BCUT2D eigenvalue weighted by Crippen LogP contribution is 2.37. The number of hydrogen-bond acceptors (Lipinski definition) is 8. The predicted octanol–water partition coefficient (Wildman–Crippen LogP) is 7.32. The predicted molar refractivity (Wildman–Crippen MR) is 214 cm³/mol. The lowest BCUT2D eigenvalue weighted by Gasteiger charge is -2.39. The van der Waals surface area contributed by atoms with Crippen molar-refractivity contribution in [3.63, 3.8) is 0 Å². The van der Waals surface area contributed by atoms with E-state index in [0.29, 0.717) is 31.4 Å². The van der Waals surface area contributed by atoms with Crippen LogP contribution in [0.2, 0.25) is 0 Å². The minimum absolute atomic E-state index is 0.118. The summed E-state index contributed by atoms with van der Waals surface area (Å²) >= 11 is 0. The third-order valence-electron chi connectivity index (χ3n) is 10.4. The molecule has 0 spiro atoms. The summed E-state index contributed by atoms with van der Waals surface area (Å²) in [6.45, 7) is 14.6. The molecule has 0 aromatic heterocycles. The van der Waals surface area contributed by atoms with Gasteiger partial charge in [-0.3, -0.25) is 19.2 Å². The van der Waals surface area contributed by atoms with Crippen molar-refractivity contribution >= 4 is 36.1 Å². The number of para-hydroxylation sites is 1. The molecule has 310 valence electrons. The Morgan fingerprint density at radius 3 is 1.84 bits per heavy atom. The standard InChI is InChI=1S/C43H70N4O8/c1-9-31(4)37(47-41(53)54-33-22-18-17-19-23-33)40(52)45-34(24-25-36(49)55-42(6,7)8)39(51)44-32(5)38(50)46-35(28-30(2)3)43(29-48)26-20-15-13-11-10-12-14-16-21-27-43/h17-19,22-23,29-32,34-35,37H,9-16,20-21,24-28H2,1-8H3,(H,44,51)(H,45,52)(H,46,50)(H,47,53)/t31-,32-,34-,35-,37-/m0/s1. The second kappa shape index (κ2) is 23.8. The van der Waals surface area contributed by atoms with E-state index >= 15 is 0 Å². The van der Waals surface area contributed by atoms with Crippen LogP contribution in [0.1, 0.15) is 152 Å². The number of nitrogens with one attached hydrogen (secondary N) is 4. The Bertz CT molecular complexity index is 1350. The second-order valence-electron chi connectivity index (χ2n) is 16.9. The summed E-state index contributed by atoms with van der Waals surface area (Å²) in [5.41, 5.74) is -1.47. The Labute approximate surface area is 329 Å². The minimum atomic E-state index is -1.24. The lowest BCUT2D eigenvalue weighted by atomic mass is 9.70. The van der Waals surface area contributed by atoms with Gasteiger partial charge in [0.05, 0.1) is 0 Å². The lowest BCUT2D eigenvalue weighted by molar-refractivity contribution is -0.155. The Morgan fingerprint density at radius 1 is 0.764 bits per heavy atom. The molecule has 1 aromatic carbocycles. The molecule has 0 bridgehead atoms. The van der Waals surface area contributed by atoms with Gasteiger partial charge in [-0.2, -0.15) is 0 Å². The molecule has 12 heteroatoms. The van der Waals surface area contributed by atoms with E-state index in [1.807, 2.05) is 6.92 Å². The van der Waals surface area contributed by atoms with Crippen LogP contribution in [0.5, 0.6) is 5.75 Å². The van der Waals surface area contributed by atoms with Crippen LogP contribution in [0, 0.1) is 17.3 Å². The van der Waals surface area contributed by atoms with Gasteiger partial charge in [0, 0.05) is 17.9 Å². The molecule has 0 unspecified atom stereocenters. The van der Waals surface area contributed by atoms with Crippen molar-refractivity contribution in [1.82, 2.24) is 21.3 Å². The quantitative estimate of drug-likeness (QED) is 0.0944. The molecule has 1 aromatic rings. The van der Waals surface area contributed by atoms with Crippen molar-refractivity contribution in [3.8, 4) is 5.75 Å². The molecule has 1 saturated carbocycles. The van der Waals surface area contributed by atoms with Crippen LogP contribution in [0.3, 0.4) is 0 Å². The molecular formula is C43H70N4O8. The molecule has 4 amide bonds. The van der Waals surface area contributed by atoms with E-state index in [1.165, 1.54) is 19.3 Å². The molecule has 4 N–H and O–H groups in total. The average molecular weight is 771 g/mol. The maximum Gasteiger partial charge on any atom is 0.413 e. The van der Waals surface area contributed by atoms with Crippen LogP contribution in [-0.4, -0.2) is 65.8 Å². The van der Waals surface area contributed by atoms with E-state index in [1.54, 1.807) is 65.0 Å². The minimum Gasteiger partial charge on any atom is -0.460 e. The first-order valence-corrected chi connectivity index (χ1v) is 20.6. The summed E-state index contributed by atoms with van der Waals surface area (Å²) in [5.74, 6) is -2.16. The van der Waals surface area contributed by atoms with Gasteiger partial charge in [-0.1, -0.05) is 110 Å². The van der Waals surface area contributed by atoms with E-state index in [-0.39, 0.29) is 24.7 Å². The van der Waals surface area contributed by atoms with Gasteiger partial charge < -0.3 is 35.5 Å². The van der Waals surface area contributed by atoms with Gasteiger partial charge in [-0.15, -0.1) is 0 Å². The molecule has 1 aliphatic rings. The molecule has 55 heavy (non-hydrogen) atoms. The van der Waals surface area contributed by atoms with Gasteiger partial charge in [0.1, 0.15) is 35.8 Å². The number of esters is 1. The third-order valence-corrected chi connectivity index (χ3v) is 10.4. The SMILES string of the molecule is CC[C@H](C)[C@H](NC(=O)Oc1ccccc1)C(=O)N[C@@H](CCC(=O)OC(C)(C)C)C(=O)N[C@@H](C)C(=O)N[C@@H](CC(C)C)C1(C=O)CCCCCCCCCCC1. The first-order chi connectivity index (χ1) is 26.0. The maximum atomic E-state index is 13.9. The Hall–Kier alpha value is -3.96. The molecule has 12 nitrogen and oxygen atoms in total. The van der Waals surface area contributed by atoms with E-state index in [0.717, 1.165) is 44.8 Å². The fraction of sp³-hybridized carbons (Fsp3) is 0.721. The van der Waals surface area contributed by atoms with Crippen LogP contribution in [0.15, 0.2) is 30.3 Å². The van der Waals surface area contributed by atoms with Crippen molar-refractivity contribution < 1.29 is 38.2 Å². The molecule has 2 rings (SSSR count). The molecule has 0 saturated heterocycles. The molecule has 1 fully saturated rings. The summed E-state index contributed by atoms with van der Waals surface area (Å²) in [6.07, 6.45) is 12.3. The number of amides is 4. The number of hydrogen-bond donors (Lipinski definition) is 4. The van der Waals surface area contributed by atoms with Crippen LogP contribution in [0.25, 0.3) is 0 Å². The number of carbonyl (C=O) groups is 6. The number of benzene rings is 1. The van der Waals surface area contributed by atoms with Gasteiger partial charge in [0.15, 0.2) is 0 Å². The van der Waals surface area contributed by atoms with Gasteiger partial charge in [-0.25, -0.2) is 4.79 Å². The molecule has 0 heterocycles.